The van der Waals surface area contributed by atoms with Crippen LogP contribution in [0, 0.1) is 0 Å². The Morgan fingerprint density at radius 1 is 0.491 bits per heavy atom. The maximum atomic E-state index is 9.58. The van der Waals surface area contributed by atoms with Crippen molar-refractivity contribution in [2.45, 2.75) is 0 Å². The van der Waals surface area contributed by atoms with E-state index >= 15 is 0 Å². The molecule has 12 rings (SSSR count). The highest BCUT2D eigenvalue weighted by Gasteiger charge is 2.23. The normalized spacial score (nSPS) is 13.6. The van der Waals surface area contributed by atoms with E-state index in [2.05, 4.69) is 0 Å². The molecule has 0 aliphatic heterocycles. The summed E-state index contributed by atoms with van der Waals surface area (Å²) in [7, 11) is 0. The molecule has 5 nitrogen and oxygen atoms in total. The molecule has 8 aromatic carbocycles. The van der Waals surface area contributed by atoms with Crippen molar-refractivity contribution >= 4 is 75.3 Å². The Labute approximate surface area is 340 Å². The molecule has 0 N–H and O–H groups in total. The standard InChI is InChI=1S/C51H30N4OS/c1-3-14-31(15-4-1)49-52-50(32-16-5-2-6-17-32)54-51(53-49)41-30-33(34-21-13-22-39-36-19-8-11-24-44(36)56-47(34)39)26-29-43(41)55-42-23-10-7-18-35(42)38-27-28-40-37-20-9-12-25-45(37)57-48(40)46(38)55/h1-30H/i7D,9D,18D,20D,23D,27D,28D. The summed E-state index contributed by atoms with van der Waals surface area (Å²) in [6.07, 6.45) is 0. The molecule has 0 atom stereocenters. The number of hydrogen-bond acceptors (Lipinski definition) is 5. The van der Waals surface area contributed by atoms with Crippen molar-refractivity contribution in [2.75, 3.05) is 0 Å². The summed E-state index contributed by atoms with van der Waals surface area (Å²) < 4.78 is 73.6. The highest BCUT2D eigenvalue weighted by atomic mass is 32.1. The zero-order valence-electron chi connectivity index (χ0n) is 36.9. The van der Waals surface area contributed by atoms with Gasteiger partial charge in [0.05, 0.1) is 31.0 Å². The van der Waals surface area contributed by atoms with Crippen molar-refractivity contribution in [3.05, 3.63) is 182 Å². The summed E-state index contributed by atoms with van der Waals surface area (Å²) in [4.78, 5) is 15.3. The molecule has 57 heavy (non-hydrogen) atoms. The monoisotopic (exact) mass is 753 g/mol. The number of aromatic nitrogens is 4. The van der Waals surface area contributed by atoms with E-state index in [0.717, 1.165) is 38.6 Å². The Morgan fingerprint density at radius 2 is 1.19 bits per heavy atom. The van der Waals surface area contributed by atoms with E-state index in [4.69, 9.17) is 23.5 Å². The van der Waals surface area contributed by atoms with E-state index in [0.29, 0.717) is 60.0 Å². The van der Waals surface area contributed by atoms with Gasteiger partial charge in [-0.1, -0.05) is 152 Å². The van der Waals surface area contributed by atoms with Crippen LogP contribution in [0.5, 0.6) is 0 Å². The lowest BCUT2D eigenvalue weighted by Crippen LogP contribution is -2.04. The van der Waals surface area contributed by atoms with Crippen LogP contribution in [-0.2, 0) is 0 Å². The number of furan rings is 1. The van der Waals surface area contributed by atoms with Gasteiger partial charge in [-0.25, -0.2) is 15.0 Å². The summed E-state index contributed by atoms with van der Waals surface area (Å²) >= 11 is 1.33. The van der Waals surface area contributed by atoms with Gasteiger partial charge in [-0.05, 0) is 35.9 Å². The first-order chi connectivity index (χ1) is 31.2. The fourth-order valence-corrected chi connectivity index (χ4v) is 9.09. The molecule has 4 aromatic heterocycles. The van der Waals surface area contributed by atoms with Crippen molar-refractivity contribution in [1.29, 1.82) is 0 Å². The fraction of sp³-hybridized carbons (Fsp3) is 0. The minimum atomic E-state index is -0.202. The number of hydrogen-bond donors (Lipinski definition) is 0. The second kappa shape index (κ2) is 12.6. The van der Waals surface area contributed by atoms with Crippen LogP contribution >= 0.6 is 11.3 Å². The van der Waals surface area contributed by atoms with E-state index in [9.17, 15) is 5.48 Å². The molecule has 0 radical (unpaired) electrons. The molecule has 266 valence electrons. The Balaban J connectivity index is 1.26. The van der Waals surface area contributed by atoms with E-state index in [1.54, 1.807) is 12.1 Å². The van der Waals surface area contributed by atoms with Crippen molar-refractivity contribution in [1.82, 2.24) is 19.5 Å². The number of para-hydroxylation sites is 3. The van der Waals surface area contributed by atoms with Crippen LogP contribution in [0.4, 0.5) is 0 Å². The summed E-state index contributed by atoms with van der Waals surface area (Å²) in [5.74, 6) is 1.18. The van der Waals surface area contributed by atoms with Gasteiger partial charge in [0.15, 0.2) is 17.5 Å². The second-order valence-electron chi connectivity index (χ2n) is 13.8. The van der Waals surface area contributed by atoms with Crippen molar-refractivity contribution in [2.24, 2.45) is 0 Å². The SMILES string of the molecule is [2H]c1ccc2sc3c(c([2H])c([2H])c4c5c([2H])c([2H])cc([2H])c5n(-c5ccc(-c6cccc7c6oc6ccccc67)cc5-c5nc(-c6ccccc6)nc(-c6ccccc6)n5)c34)c2c1[2H]. The smallest absolute Gasteiger partial charge is 0.166 e. The van der Waals surface area contributed by atoms with Gasteiger partial charge in [0.1, 0.15) is 11.2 Å². The van der Waals surface area contributed by atoms with E-state index < -0.39 is 0 Å². The Morgan fingerprint density at radius 3 is 2.02 bits per heavy atom. The topological polar surface area (TPSA) is 56.7 Å². The maximum absolute atomic E-state index is 9.58. The fourth-order valence-electron chi connectivity index (χ4n) is 7.93. The van der Waals surface area contributed by atoms with Gasteiger partial charge in [0.25, 0.3) is 0 Å². The number of rotatable bonds is 5. The predicted octanol–water partition coefficient (Wildman–Crippen LogP) is 13.9. The summed E-state index contributed by atoms with van der Waals surface area (Å²) in [5, 5.41) is 3.13. The molecule has 6 heteroatoms. The average molecular weight is 754 g/mol. The third kappa shape index (κ3) is 4.98. The average Bonchev–Trinajstić information content (AvgIpc) is 4.03. The Hall–Kier alpha value is -7.41. The molecule has 12 aromatic rings. The largest absolute Gasteiger partial charge is 0.455 e. The first-order valence-electron chi connectivity index (χ1n) is 21.9. The summed E-state index contributed by atoms with van der Waals surface area (Å²) in [5.41, 5.74) is 6.38. The van der Waals surface area contributed by atoms with Crippen LogP contribution in [0.25, 0.3) is 115 Å². The third-order valence-electron chi connectivity index (χ3n) is 10.5. The zero-order chi connectivity index (χ0) is 43.5. The van der Waals surface area contributed by atoms with Crippen LogP contribution in [-0.4, -0.2) is 19.5 Å². The third-order valence-corrected chi connectivity index (χ3v) is 11.7. The Bertz CT molecular complexity index is 3880. The van der Waals surface area contributed by atoms with Crippen LogP contribution in [0.2, 0.25) is 0 Å². The van der Waals surface area contributed by atoms with Crippen molar-refractivity contribution < 1.29 is 14.0 Å². The Kier molecular flexibility index (Phi) is 5.65. The molecular formula is C51H30N4OS. The quantitative estimate of drug-likeness (QED) is 0.176. The molecular weight excluding hydrogens is 717 g/mol. The zero-order valence-corrected chi connectivity index (χ0v) is 30.7. The summed E-state index contributed by atoms with van der Waals surface area (Å²) in [6.45, 7) is 0. The molecule has 0 saturated carbocycles. The van der Waals surface area contributed by atoms with Crippen LogP contribution in [0.3, 0.4) is 0 Å². The molecule has 0 aliphatic carbocycles. The highest BCUT2D eigenvalue weighted by molar-refractivity contribution is 7.26. The van der Waals surface area contributed by atoms with Crippen molar-refractivity contribution in [3.63, 3.8) is 0 Å². The van der Waals surface area contributed by atoms with Gasteiger partial charge in [-0.2, -0.15) is 0 Å². The van der Waals surface area contributed by atoms with E-state index in [1.165, 1.54) is 17.4 Å². The predicted molar refractivity (Wildman–Crippen MR) is 236 cm³/mol. The lowest BCUT2D eigenvalue weighted by molar-refractivity contribution is 0.670. The minimum Gasteiger partial charge on any atom is -0.455 e. The first kappa shape index (κ1) is 25.6. The molecule has 0 spiro atoms. The molecule has 0 bridgehead atoms. The van der Waals surface area contributed by atoms with Crippen LogP contribution in [0.1, 0.15) is 9.60 Å². The van der Waals surface area contributed by atoms with Gasteiger partial charge in [-0.15, -0.1) is 11.3 Å². The number of benzene rings is 8. The molecule has 0 aliphatic rings. The van der Waals surface area contributed by atoms with Crippen LogP contribution in [0.15, 0.2) is 186 Å². The molecule has 0 fully saturated rings. The number of thiophene rings is 1. The highest BCUT2D eigenvalue weighted by Crippen LogP contribution is 2.45. The van der Waals surface area contributed by atoms with Gasteiger partial charge in [0.2, 0.25) is 0 Å². The number of fused-ring (bicyclic) bond motifs is 10. The first-order valence-corrected chi connectivity index (χ1v) is 19.3. The molecule has 4 heterocycles. The number of nitrogens with zero attached hydrogens (tertiary/aromatic N) is 4. The summed E-state index contributed by atoms with van der Waals surface area (Å²) in [6, 6.07) is 43.0. The van der Waals surface area contributed by atoms with Gasteiger partial charge >= 0.3 is 0 Å². The van der Waals surface area contributed by atoms with Crippen LogP contribution < -0.4 is 0 Å². The maximum Gasteiger partial charge on any atom is 0.166 e. The van der Waals surface area contributed by atoms with Gasteiger partial charge < -0.3 is 8.98 Å². The molecule has 0 amide bonds. The minimum absolute atomic E-state index is 0.00451. The lowest BCUT2D eigenvalue weighted by Gasteiger charge is -2.16. The molecule has 0 unspecified atom stereocenters. The van der Waals surface area contributed by atoms with E-state index in [-0.39, 0.29) is 58.6 Å². The molecule has 0 saturated heterocycles. The van der Waals surface area contributed by atoms with Crippen molar-refractivity contribution in [3.8, 4) is 51.0 Å². The van der Waals surface area contributed by atoms with Gasteiger partial charge in [-0.3, -0.25) is 0 Å². The van der Waals surface area contributed by atoms with E-state index in [1.807, 2.05) is 126 Å². The second-order valence-corrected chi connectivity index (χ2v) is 14.8. The van der Waals surface area contributed by atoms with Gasteiger partial charge in [0, 0.05) is 59.3 Å². The lowest BCUT2D eigenvalue weighted by atomic mass is 9.98.